The maximum absolute atomic E-state index is 13.1. The molecule has 4 rings (SSSR count). The van der Waals surface area contributed by atoms with Crippen molar-refractivity contribution in [3.05, 3.63) is 101 Å². The molecule has 6 heteroatoms. The number of carbonyl (C=O) groups excluding carboxylic acids is 1. The Morgan fingerprint density at radius 3 is 2.29 bits per heavy atom. The van der Waals surface area contributed by atoms with Crippen LogP contribution in [0.3, 0.4) is 0 Å². The van der Waals surface area contributed by atoms with E-state index in [4.69, 9.17) is 4.74 Å². The highest BCUT2D eigenvalue weighted by Gasteiger charge is 2.29. The molecular weight excluding hydrogens is 403 g/mol. The van der Waals surface area contributed by atoms with E-state index in [1.54, 1.807) is 29.2 Å². The van der Waals surface area contributed by atoms with E-state index in [-0.39, 0.29) is 5.91 Å². The number of rotatable bonds is 4. The molecule has 0 atom stereocenters. The highest BCUT2D eigenvalue weighted by atomic mass is 19.4. The van der Waals surface area contributed by atoms with Crippen LogP contribution in [0.1, 0.15) is 32.6 Å². The molecule has 1 heterocycles. The standard InChI is InChI=1S/C25H20F3NO2/c26-25(27,28)21-11-8-18(9-12-21)6-7-19-10-13-23-22(16-19)24(30)29(14-15-31-23)17-20-4-2-1-3-5-20/h1-13,16H,14-15,17H2. The van der Waals surface area contributed by atoms with Crippen LogP contribution in [0.4, 0.5) is 13.2 Å². The quantitative estimate of drug-likeness (QED) is 0.488. The second-order valence-electron chi connectivity index (χ2n) is 7.27. The van der Waals surface area contributed by atoms with E-state index < -0.39 is 11.7 Å². The predicted molar refractivity (Wildman–Crippen MR) is 113 cm³/mol. The zero-order valence-corrected chi connectivity index (χ0v) is 16.6. The third-order valence-electron chi connectivity index (χ3n) is 5.06. The van der Waals surface area contributed by atoms with Gasteiger partial charge in [-0.15, -0.1) is 0 Å². The number of hydrogen-bond donors (Lipinski definition) is 0. The lowest BCUT2D eigenvalue weighted by molar-refractivity contribution is -0.137. The van der Waals surface area contributed by atoms with Gasteiger partial charge in [-0.05, 0) is 41.0 Å². The molecule has 0 fully saturated rings. The minimum atomic E-state index is -4.36. The van der Waals surface area contributed by atoms with Crippen LogP contribution in [0.25, 0.3) is 12.2 Å². The van der Waals surface area contributed by atoms with Crippen molar-refractivity contribution in [3.8, 4) is 5.75 Å². The smallest absolute Gasteiger partial charge is 0.416 e. The fourth-order valence-electron chi connectivity index (χ4n) is 3.41. The highest BCUT2D eigenvalue weighted by Crippen LogP contribution is 2.30. The van der Waals surface area contributed by atoms with Crippen molar-refractivity contribution in [2.75, 3.05) is 13.2 Å². The van der Waals surface area contributed by atoms with Gasteiger partial charge in [0, 0.05) is 6.54 Å². The van der Waals surface area contributed by atoms with Gasteiger partial charge in [0.2, 0.25) is 0 Å². The molecule has 0 aliphatic carbocycles. The summed E-state index contributed by atoms with van der Waals surface area (Å²) < 4.78 is 43.9. The molecule has 0 saturated heterocycles. The molecule has 1 aliphatic heterocycles. The number of ether oxygens (including phenoxy) is 1. The highest BCUT2D eigenvalue weighted by molar-refractivity contribution is 5.98. The zero-order chi connectivity index (χ0) is 21.8. The molecule has 1 amide bonds. The van der Waals surface area contributed by atoms with Crippen molar-refractivity contribution in [3.63, 3.8) is 0 Å². The van der Waals surface area contributed by atoms with Crippen LogP contribution in [0, 0.1) is 0 Å². The number of halogens is 3. The molecule has 0 N–H and O–H groups in total. The summed E-state index contributed by atoms with van der Waals surface area (Å²) in [7, 11) is 0. The average Bonchev–Trinajstić information content (AvgIpc) is 2.91. The van der Waals surface area contributed by atoms with Crippen molar-refractivity contribution >= 4 is 18.1 Å². The maximum Gasteiger partial charge on any atom is 0.416 e. The Morgan fingerprint density at radius 2 is 1.58 bits per heavy atom. The molecule has 0 saturated carbocycles. The van der Waals surface area contributed by atoms with Crippen LogP contribution in [-0.4, -0.2) is 24.0 Å². The van der Waals surface area contributed by atoms with Crippen molar-refractivity contribution in [2.24, 2.45) is 0 Å². The van der Waals surface area contributed by atoms with E-state index in [0.717, 1.165) is 23.3 Å². The summed E-state index contributed by atoms with van der Waals surface area (Å²) >= 11 is 0. The van der Waals surface area contributed by atoms with Crippen LogP contribution in [0.15, 0.2) is 72.8 Å². The molecule has 0 aromatic heterocycles. The largest absolute Gasteiger partial charge is 0.491 e. The van der Waals surface area contributed by atoms with E-state index in [1.165, 1.54) is 12.1 Å². The lowest BCUT2D eigenvalue weighted by atomic mass is 10.1. The number of nitrogens with zero attached hydrogens (tertiary/aromatic N) is 1. The molecule has 3 nitrogen and oxygen atoms in total. The topological polar surface area (TPSA) is 29.5 Å². The zero-order valence-electron chi connectivity index (χ0n) is 16.6. The Bertz CT molecular complexity index is 1090. The SMILES string of the molecule is O=C1c2cc(C=Cc3ccc(C(F)(F)F)cc3)ccc2OCCN1Cc1ccccc1. The van der Waals surface area contributed by atoms with E-state index in [0.29, 0.717) is 36.6 Å². The Labute approximate surface area is 178 Å². The number of fused-ring (bicyclic) bond motifs is 1. The van der Waals surface area contributed by atoms with Gasteiger partial charge < -0.3 is 9.64 Å². The number of alkyl halides is 3. The first-order valence-corrected chi connectivity index (χ1v) is 9.85. The second kappa shape index (κ2) is 8.68. The summed E-state index contributed by atoms with van der Waals surface area (Å²) in [5.74, 6) is 0.424. The van der Waals surface area contributed by atoms with Crippen LogP contribution in [-0.2, 0) is 12.7 Å². The van der Waals surface area contributed by atoms with Gasteiger partial charge in [0.1, 0.15) is 12.4 Å². The summed E-state index contributed by atoms with van der Waals surface area (Å²) in [5, 5.41) is 0. The molecule has 3 aromatic carbocycles. The predicted octanol–water partition coefficient (Wildman–Crippen LogP) is 5.91. The fourth-order valence-corrected chi connectivity index (χ4v) is 3.41. The van der Waals surface area contributed by atoms with Gasteiger partial charge in [-0.1, -0.05) is 60.7 Å². The molecule has 31 heavy (non-hydrogen) atoms. The molecule has 158 valence electrons. The number of carbonyl (C=O) groups is 1. The minimum absolute atomic E-state index is 0.110. The third-order valence-corrected chi connectivity index (χ3v) is 5.06. The van der Waals surface area contributed by atoms with Crippen molar-refractivity contribution in [1.82, 2.24) is 4.90 Å². The summed E-state index contributed by atoms with van der Waals surface area (Å²) in [6.45, 7) is 1.39. The first kappa shape index (κ1) is 20.7. The Morgan fingerprint density at radius 1 is 0.903 bits per heavy atom. The molecular formula is C25H20F3NO2. The van der Waals surface area contributed by atoms with Crippen LogP contribution in [0.5, 0.6) is 5.75 Å². The summed E-state index contributed by atoms with van der Waals surface area (Å²) in [6.07, 6.45) is -0.876. The Hall–Kier alpha value is -3.54. The average molecular weight is 423 g/mol. The minimum Gasteiger partial charge on any atom is -0.491 e. The third kappa shape index (κ3) is 4.97. The summed E-state index contributed by atoms with van der Waals surface area (Å²) in [5.41, 5.74) is 2.23. The van der Waals surface area contributed by atoms with Gasteiger partial charge >= 0.3 is 6.18 Å². The fraction of sp³-hybridized carbons (Fsp3) is 0.160. The first-order chi connectivity index (χ1) is 14.9. The molecule has 1 aliphatic rings. The van der Waals surface area contributed by atoms with E-state index in [9.17, 15) is 18.0 Å². The maximum atomic E-state index is 13.1. The lowest BCUT2D eigenvalue weighted by Gasteiger charge is -2.20. The van der Waals surface area contributed by atoms with Gasteiger partial charge in [-0.2, -0.15) is 13.2 Å². The van der Waals surface area contributed by atoms with Gasteiger partial charge in [0.25, 0.3) is 5.91 Å². The molecule has 0 spiro atoms. The van der Waals surface area contributed by atoms with Gasteiger partial charge in [-0.25, -0.2) is 0 Å². The van der Waals surface area contributed by atoms with Crippen LogP contribution < -0.4 is 4.74 Å². The number of hydrogen-bond acceptors (Lipinski definition) is 2. The Balaban J connectivity index is 1.54. The van der Waals surface area contributed by atoms with E-state index >= 15 is 0 Å². The van der Waals surface area contributed by atoms with Crippen molar-refractivity contribution in [2.45, 2.75) is 12.7 Å². The Kier molecular flexibility index (Phi) is 5.80. The molecule has 3 aromatic rings. The van der Waals surface area contributed by atoms with Crippen LogP contribution >= 0.6 is 0 Å². The summed E-state index contributed by atoms with van der Waals surface area (Å²) in [4.78, 5) is 14.9. The van der Waals surface area contributed by atoms with Crippen molar-refractivity contribution in [1.29, 1.82) is 0 Å². The van der Waals surface area contributed by atoms with E-state index in [2.05, 4.69) is 0 Å². The monoisotopic (exact) mass is 423 g/mol. The van der Waals surface area contributed by atoms with Gasteiger partial charge in [-0.3, -0.25) is 4.79 Å². The molecule has 0 bridgehead atoms. The van der Waals surface area contributed by atoms with E-state index in [1.807, 2.05) is 36.4 Å². The second-order valence-corrected chi connectivity index (χ2v) is 7.27. The van der Waals surface area contributed by atoms with Crippen LogP contribution in [0.2, 0.25) is 0 Å². The molecule has 0 radical (unpaired) electrons. The first-order valence-electron chi connectivity index (χ1n) is 9.85. The van der Waals surface area contributed by atoms with Gasteiger partial charge in [0.05, 0.1) is 17.7 Å². The summed E-state index contributed by atoms with van der Waals surface area (Å²) in [6, 6.07) is 20.0. The number of amides is 1. The van der Waals surface area contributed by atoms with Crippen molar-refractivity contribution < 1.29 is 22.7 Å². The molecule has 0 unspecified atom stereocenters. The normalized spacial score (nSPS) is 14.3. The number of benzene rings is 3. The lowest BCUT2D eigenvalue weighted by Crippen LogP contribution is -2.31. The van der Waals surface area contributed by atoms with Gasteiger partial charge in [0.15, 0.2) is 0 Å².